The molecule has 2 rings (SSSR count). The van der Waals surface area contributed by atoms with E-state index in [4.69, 9.17) is 10.8 Å². The SMILES string of the molecule is NC(=O)C1CCCCN1c1ccncc1C(=O)O. The van der Waals surface area contributed by atoms with E-state index < -0.39 is 17.9 Å². The number of carboxylic acids is 1. The summed E-state index contributed by atoms with van der Waals surface area (Å²) < 4.78 is 0. The molecular formula is C12H15N3O3. The number of carbonyl (C=O) groups is 2. The lowest BCUT2D eigenvalue weighted by atomic mass is 10.00. The van der Waals surface area contributed by atoms with Gasteiger partial charge in [0, 0.05) is 18.9 Å². The highest BCUT2D eigenvalue weighted by molar-refractivity contribution is 5.95. The number of anilines is 1. The van der Waals surface area contributed by atoms with Gasteiger partial charge in [-0.25, -0.2) is 4.79 Å². The Labute approximate surface area is 104 Å². The first-order valence-corrected chi connectivity index (χ1v) is 5.84. The van der Waals surface area contributed by atoms with Crippen LogP contribution in [0.3, 0.4) is 0 Å². The van der Waals surface area contributed by atoms with E-state index in [1.807, 2.05) is 0 Å². The van der Waals surface area contributed by atoms with Crippen LogP contribution in [-0.2, 0) is 4.79 Å². The number of hydrogen-bond donors (Lipinski definition) is 2. The third kappa shape index (κ3) is 2.27. The van der Waals surface area contributed by atoms with Crippen molar-refractivity contribution in [3.63, 3.8) is 0 Å². The highest BCUT2D eigenvalue weighted by Gasteiger charge is 2.29. The van der Waals surface area contributed by atoms with Gasteiger partial charge in [0.15, 0.2) is 0 Å². The van der Waals surface area contributed by atoms with E-state index in [1.165, 1.54) is 12.4 Å². The number of carboxylic acid groups (broad SMARTS) is 1. The molecule has 1 aromatic heterocycles. The number of piperidine rings is 1. The molecule has 0 saturated carbocycles. The molecule has 1 aliphatic heterocycles. The molecule has 18 heavy (non-hydrogen) atoms. The van der Waals surface area contributed by atoms with Gasteiger partial charge < -0.3 is 15.7 Å². The van der Waals surface area contributed by atoms with Crippen LogP contribution >= 0.6 is 0 Å². The van der Waals surface area contributed by atoms with Gasteiger partial charge in [0.2, 0.25) is 5.91 Å². The molecule has 2 heterocycles. The fourth-order valence-corrected chi connectivity index (χ4v) is 2.32. The van der Waals surface area contributed by atoms with Crippen molar-refractivity contribution in [3.8, 4) is 0 Å². The molecular weight excluding hydrogens is 234 g/mol. The van der Waals surface area contributed by atoms with E-state index in [1.54, 1.807) is 11.0 Å². The van der Waals surface area contributed by atoms with Crippen molar-refractivity contribution in [1.82, 2.24) is 4.98 Å². The number of nitrogens with zero attached hydrogens (tertiary/aromatic N) is 2. The summed E-state index contributed by atoms with van der Waals surface area (Å²) in [5.41, 5.74) is 5.99. The van der Waals surface area contributed by atoms with E-state index in [2.05, 4.69) is 4.98 Å². The van der Waals surface area contributed by atoms with Crippen LogP contribution in [0.5, 0.6) is 0 Å². The minimum Gasteiger partial charge on any atom is -0.478 e. The topological polar surface area (TPSA) is 96.5 Å². The van der Waals surface area contributed by atoms with Crippen LogP contribution in [0.1, 0.15) is 29.6 Å². The normalized spacial score (nSPS) is 19.6. The van der Waals surface area contributed by atoms with Crippen molar-refractivity contribution >= 4 is 17.6 Å². The quantitative estimate of drug-likeness (QED) is 0.818. The third-order valence-electron chi connectivity index (χ3n) is 3.17. The van der Waals surface area contributed by atoms with Gasteiger partial charge in [-0.2, -0.15) is 0 Å². The van der Waals surface area contributed by atoms with Gasteiger partial charge in [-0.1, -0.05) is 0 Å². The van der Waals surface area contributed by atoms with Gasteiger partial charge >= 0.3 is 5.97 Å². The predicted octanol–water partition coefficient (Wildman–Crippen LogP) is 0.624. The monoisotopic (exact) mass is 249 g/mol. The van der Waals surface area contributed by atoms with Crippen LogP contribution in [0.25, 0.3) is 0 Å². The zero-order valence-electron chi connectivity index (χ0n) is 9.87. The average Bonchev–Trinajstić information content (AvgIpc) is 2.38. The number of hydrogen-bond acceptors (Lipinski definition) is 4. The smallest absolute Gasteiger partial charge is 0.339 e. The molecule has 96 valence electrons. The Morgan fingerprint density at radius 1 is 1.44 bits per heavy atom. The van der Waals surface area contributed by atoms with E-state index in [0.717, 1.165) is 12.8 Å². The molecule has 0 aromatic carbocycles. The standard InChI is InChI=1S/C12H15N3O3/c13-11(16)10-3-1-2-6-15(10)9-4-5-14-7-8(9)12(17)18/h4-5,7,10H,1-3,6H2,(H2,13,16)(H,17,18). The molecule has 1 fully saturated rings. The fraction of sp³-hybridized carbons (Fsp3) is 0.417. The first-order valence-electron chi connectivity index (χ1n) is 5.84. The van der Waals surface area contributed by atoms with Gasteiger partial charge in [-0.3, -0.25) is 9.78 Å². The molecule has 0 bridgehead atoms. The molecule has 1 aliphatic rings. The Morgan fingerprint density at radius 3 is 2.89 bits per heavy atom. The van der Waals surface area contributed by atoms with Gasteiger partial charge in [-0.15, -0.1) is 0 Å². The summed E-state index contributed by atoms with van der Waals surface area (Å²) in [6.45, 7) is 0.637. The Balaban J connectivity index is 2.39. The lowest BCUT2D eigenvalue weighted by Gasteiger charge is -2.36. The Bertz CT molecular complexity index is 475. The average molecular weight is 249 g/mol. The first kappa shape index (κ1) is 12.3. The van der Waals surface area contributed by atoms with Crippen LogP contribution in [0.4, 0.5) is 5.69 Å². The minimum absolute atomic E-state index is 0.102. The van der Waals surface area contributed by atoms with Crippen LogP contribution < -0.4 is 10.6 Å². The molecule has 1 amide bonds. The Hall–Kier alpha value is -2.11. The van der Waals surface area contributed by atoms with Crippen molar-refractivity contribution in [2.45, 2.75) is 25.3 Å². The second-order valence-corrected chi connectivity index (χ2v) is 4.31. The Morgan fingerprint density at radius 2 is 2.22 bits per heavy atom. The number of aromatic carboxylic acids is 1. The molecule has 1 atom stereocenters. The first-order chi connectivity index (χ1) is 8.61. The van der Waals surface area contributed by atoms with Crippen molar-refractivity contribution in [2.24, 2.45) is 5.73 Å². The summed E-state index contributed by atoms with van der Waals surface area (Å²) >= 11 is 0. The van der Waals surface area contributed by atoms with E-state index >= 15 is 0 Å². The van der Waals surface area contributed by atoms with Crippen molar-refractivity contribution in [2.75, 3.05) is 11.4 Å². The van der Waals surface area contributed by atoms with Crippen molar-refractivity contribution in [1.29, 1.82) is 0 Å². The summed E-state index contributed by atoms with van der Waals surface area (Å²) in [5, 5.41) is 9.14. The molecule has 0 aliphatic carbocycles. The van der Waals surface area contributed by atoms with Gasteiger partial charge in [0.25, 0.3) is 0 Å². The van der Waals surface area contributed by atoms with Gasteiger partial charge in [0.1, 0.15) is 11.6 Å². The van der Waals surface area contributed by atoms with Gasteiger partial charge in [0.05, 0.1) is 5.69 Å². The number of aromatic nitrogens is 1. The van der Waals surface area contributed by atoms with Crippen LogP contribution in [0, 0.1) is 0 Å². The maximum atomic E-state index is 11.4. The van der Waals surface area contributed by atoms with Crippen molar-refractivity contribution < 1.29 is 14.7 Å². The number of nitrogens with two attached hydrogens (primary N) is 1. The number of pyridine rings is 1. The zero-order valence-corrected chi connectivity index (χ0v) is 9.87. The third-order valence-corrected chi connectivity index (χ3v) is 3.17. The molecule has 6 heteroatoms. The lowest BCUT2D eigenvalue weighted by molar-refractivity contribution is -0.119. The van der Waals surface area contributed by atoms with Crippen molar-refractivity contribution in [3.05, 3.63) is 24.0 Å². The number of amides is 1. The maximum Gasteiger partial charge on any atom is 0.339 e. The second kappa shape index (κ2) is 5.03. The molecule has 6 nitrogen and oxygen atoms in total. The molecule has 0 radical (unpaired) electrons. The number of carbonyl (C=O) groups excluding carboxylic acids is 1. The minimum atomic E-state index is -1.05. The van der Waals surface area contributed by atoms with E-state index in [9.17, 15) is 9.59 Å². The zero-order chi connectivity index (χ0) is 13.1. The van der Waals surface area contributed by atoms with Crippen LogP contribution in [0.2, 0.25) is 0 Å². The predicted molar refractivity (Wildman–Crippen MR) is 65.4 cm³/mol. The second-order valence-electron chi connectivity index (χ2n) is 4.31. The molecule has 3 N–H and O–H groups in total. The highest BCUT2D eigenvalue weighted by atomic mass is 16.4. The molecule has 0 spiro atoms. The van der Waals surface area contributed by atoms with Crippen LogP contribution in [-0.4, -0.2) is 34.6 Å². The number of primary amides is 1. The maximum absolute atomic E-state index is 11.4. The molecule has 1 aromatic rings. The largest absolute Gasteiger partial charge is 0.478 e. The summed E-state index contributed by atoms with van der Waals surface area (Å²) in [6.07, 6.45) is 5.33. The lowest BCUT2D eigenvalue weighted by Crippen LogP contribution is -2.48. The van der Waals surface area contributed by atoms with Crippen LogP contribution in [0.15, 0.2) is 18.5 Å². The van der Waals surface area contributed by atoms with E-state index in [0.29, 0.717) is 18.7 Å². The summed E-state index contributed by atoms with van der Waals surface area (Å²) in [5.74, 6) is -1.46. The van der Waals surface area contributed by atoms with E-state index in [-0.39, 0.29) is 5.56 Å². The summed E-state index contributed by atoms with van der Waals surface area (Å²) in [4.78, 5) is 28.2. The molecule has 1 unspecified atom stereocenters. The fourth-order valence-electron chi connectivity index (χ4n) is 2.32. The summed E-state index contributed by atoms with van der Waals surface area (Å²) in [6, 6.07) is 1.18. The molecule has 1 saturated heterocycles. The Kier molecular flexibility index (Phi) is 3.45. The van der Waals surface area contributed by atoms with Gasteiger partial charge in [-0.05, 0) is 25.3 Å². The summed E-state index contributed by atoms with van der Waals surface area (Å²) in [7, 11) is 0. The number of rotatable bonds is 3. The highest BCUT2D eigenvalue weighted by Crippen LogP contribution is 2.27.